The van der Waals surface area contributed by atoms with Crippen LogP contribution in [0.1, 0.15) is 25.7 Å². The van der Waals surface area contributed by atoms with E-state index in [2.05, 4.69) is 4.89 Å². The number of nitrogens with one attached hydrogen (secondary N) is 1. The topological polar surface area (TPSA) is 107 Å². The summed E-state index contributed by atoms with van der Waals surface area (Å²) >= 11 is 0. The first-order valence-corrected chi connectivity index (χ1v) is 7.30. The molecule has 0 spiro atoms. The Bertz CT molecular complexity index is 524. The Balaban J connectivity index is 2.07. The number of sulfonamides is 1. The highest BCUT2D eigenvalue weighted by Crippen LogP contribution is 2.22. The van der Waals surface area contributed by atoms with Crippen molar-refractivity contribution in [2.75, 3.05) is 11.5 Å². The smallest absolute Gasteiger partial charge is 0.262 e. The van der Waals surface area contributed by atoms with Crippen molar-refractivity contribution in [2.45, 2.75) is 36.7 Å². The van der Waals surface area contributed by atoms with Gasteiger partial charge >= 0.3 is 0 Å². The molecule has 0 aliphatic heterocycles. The van der Waals surface area contributed by atoms with Crippen LogP contribution in [0.25, 0.3) is 0 Å². The molecule has 1 aromatic rings. The summed E-state index contributed by atoms with van der Waals surface area (Å²) in [5, 5.41) is 0. The first-order chi connectivity index (χ1) is 8.49. The molecule has 0 saturated heterocycles. The minimum Gasteiger partial charge on any atom is -0.397 e. The Morgan fingerprint density at radius 1 is 1.17 bits per heavy atom. The highest BCUT2D eigenvalue weighted by Gasteiger charge is 2.20. The Kier molecular flexibility index (Phi) is 3.74. The summed E-state index contributed by atoms with van der Waals surface area (Å²) in [7, 11) is -3.69. The van der Waals surface area contributed by atoms with Gasteiger partial charge in [0, 0.05) is 0 Å². The van der Waals surface area contributed by atoms with Crippen LogP contribution in [0, 0.1) is 0 Å². The maximum Gasteiger partial charge on any atom is 0.262 e. The van der Waals surface area contributed by atoms with Gasteiger partial charge < -0.3 is 11.5 Å². The van der Waals surface area contributed by atoms with Crippen molar-refractivity contribution in [3.05, 3.63) is 18.2 Å². The number of rotatable bonds is 4. The van der Waals surface area contributed by atoms with Crippen LogP contribution in [-0.4, -0.2) is 14.5 Å². The third kappa shape index (κ3) is 2.92. The maximum atomic E-state index is 11.9. The van der Waals surface area contributed by atoms with Crippen molar-refractivity contribution in [2.24, 2.45) is 0 Å². The lowest BCUT2D eigenvalue weighted by Crippen LogP contribution is -2.28. The molecule has 1 aliphatic carbocycles. The monoisotopic (exact) mass is 271 g/mol. The lowest BCUT2D eigenvalue weighted by molar-refractivity contribution is 0.0223. The first kappa shape index (κ1) is 13.1. The summed E-state index contributed by atoms with van der Waals surface area (Å²) in [6.07, 6.45) is 3.87. The van der Waals surface area contributed by atoms with Gasteiger partial charge in [0.1, 0.15) is 0 Å². The van der Waals surface area contributed by atoms with E-state index in [0.29, 0.717) is 5.69 Å². The van der Waals surface area contributed by atoms with E-state index in [0.717, 1.165) is 25.7 Å². The SMILES string of the molecule is Nc1ccc(S(=O)(=O)NOC2CCCC2)cc1N. The predicted octanol–water partition coefficient (Wildman–Crippen LogP) is 1.00. The Labute approximate surface area is 106 Å². The van der Waals surface area contributed by atoms with Crippen LogP contribution in [0.15, 0.2) is 23.1 Å². The Morgan fingerprint density at radius 3 is 2.44 bits per heavy atom. The molecule has 7 heteroatoms. The van der Waals surface area contributed by atoms with Gasteiger partial charge in [-0.1, -0.05) is 17.7 Å². The van der Waals surface area contributed by atoms with E-state index in [4.69, 9.17) is 16.3 Å². The largest absolute Gasteiger partial charge is 0.397 e. The second-order valence-corrected chi connectivity index (χ2v) is 6.05. The molecule has 6 nitrogen and oxygen atoms in total. The zero-order valence-corrected chi connectivity index (χ0v) is 10.7. The Morgan fingerprint density at radius 2 is 1.83 bits per heavy atom. The van der Waals surface area contributed by atoms with Gasteiger partial charge in [-0.15, -0.1) is 0 Å². The van der Waals surface area contributed by atoms with Crippen LogP contribution in [0.3, 0.4) is 0 Å². The van der Waals surface area contributed by atoms with Crippen molar-refractivity contribution >= 4 is 21.4 Å². The fourth-order valence-electron chi connectivity index (χ4n) is 1.91. The molecule has 5 N–H and O–H groups in total. The summed E-state index contributed by atoms with van der Waals surface area (Å²) in [6, 6.07) is 4.17. The van der Waals surface area contributed by atoms with Gasteiger partial charge in [0.15, 0.2) is 0 Å². The average molecular weight is 271 g/mol. The molecule has 18 heavy (non-hydrogen) atoms. The normalized spacial score (nSPS) is 17.1. The number of hydrogen-bond donors (Lipinski definition) is 3. The van der Waals surface area contributed by atoms with Crippen molar-refractivity contribution in [3.63, 3.8) is 0 Å². The fraction of sp³-hybridized carbons (Fsp3) is 0.455. The molecule has 0 heterocycles. The first-order valence-electron chi connectivity index (χ1n) is 5.81. The van der Waals surface area contributed by atoms with Crippen LogP contribution in [0.5, 0.6) is 0 Å². The van der Waals surface area contributed by atoms with Crippen LogP contribution in [-0.2, 0) is 14.9 Å². The molecule has 1 saturated carbocycles. The van der Waals surface area contributed by atoms with Gasteiger partial charge in [-0.3, -0.25) is 4.84 Å². The molecule has 0 bridgehead atoms. The third-order valence-electron chi connectivity index (χ3n) is 3.00. The number of nitrogen functional groups attached to an aromatic ring is 2. The van der Waals surface area contributed by atoms with Gasteiger partial charge in [0.05, 0.1) is 22.4 Å². The molecule has 0 unspecified atom stereocenters. The van der Waals surface area contributed by atoms with Crippen molar-refractivity contribution in [1.82, 2.24) is 4.89 Å². The maximum absolute atomic E-state index is 11.9. The number of nitrogens with two attached hydrogens (primary N) is 2. The molecule has 1 fully saturated rings. The van der Waals surface area contributed by atoms with Gasteiger partial charge in [0.2, 0.25) is 0 Å². The standard InChI is InChI=1S/C11H17N3O3S/c12-10-6-5-9(7-11(10)13)18(15,16)14-17-8-3-1-2-4-8/h5-8,14H,1-4,12-13H2. The van der Waals surface area contributed by atoms with Gasteiger partial charge in [-0.05, 0) is 31.0 Å². The fourth-order valence-corrected chi connectivity index (χ4v) is 2.79. The van der Waals surface area contributed by atoms with E-state index in [9.17, 15) is 8.42 Å². The summed E-state index contributed by atoms with van der Waals surface area (Å²) < 4.78 is 23.8. The van der Waals surface area contributed by atoms with E-state index >= 15 is 0 Å². The van der Waals surface area contributed by atoms with E-state index in [1.165, 1.54) is 18.2 Å². The van der Waals surface area contributed by atoms with Gasteiger partial charge in [-0.25, -0.2) is 8.42 Å². The summed E-state index contributed by atoms with van der Waals surface area (Å²) in [4.78, 5) is 7.37. The van der Waals surface area contributed by atoms with Gasteiger partial charge in [-0.2, -0.15) is 0 Å². The van der Waals surface area contributed by atoms with E-state index < -0.39 is 10.0 Å². The van der Waals surface area contributed by atoms with E-state index in [1.54, 1.807) is 0 Å². The number of anilines is 2. The van der Waals surface area contributed by atoms with Gasteiger partial charge in [0.25, 0.3) is 10.0 Å². The molecule has 100 valence electrons. The minimum absolute atomic E-state index is 0.0362. The molecule has 0 aromatic heterocycles. The third-order valence-corrected chi connectivity index (χ3v) is 4.19. The zero-order chi connectivity index (χ0) is 13.2. The van der Waals surface area contributed by atoms with E-state index in [-0.39, 0.29) is 16.7 Å². The zero-order valence-electron chi connectivity index (χ0n) is 9.93. The molecular formula is C11H17N3O3S. The summed E-state index contributed by atoms with van der Waals surface area (Å²) in [5.74, 6) is 0. The molecule has 1 aliphatic rings. The highest BCUT2D eigenvalue weighted by molar-refractivity contribution is 7.89. The number of hydrogen-bond acceptors (Lipinski definition) is 5. The van der Waals surface area contributed by atoms with Crippen molar-refractivity contribution in [3.8, 4) is 0 Å². The molecule has 1 aromatic carbocycles. The molecule has 0 amide bonds. The Hall–Kier alpha value is -1.31. The van der Waals surface area contributed by atoms with Crippen molar-refractivity contribution < 1.29 is 13.3 Å². The molecular weight excluding hydrogens is 254 g/mol. The summed E-state index contributed by atoms with van der Waals surface area (Å²) in [6.45, 7) is 0. The second kappa shape index (κ2) is 5.13. The molecule has 0 atom stereocenters. The molecule has 2 rings (SSSR count). The average Bonchev–Trinajstić information content (AvgIpc) is 2.83. The van der Waals surface area contributed by atoms with Crippen LogP contribution in [0.4, 0.5) is 11.4 Å². The minimum atomic E-state index is -3.69. The number of benzene rings is 1. The molecule has 0 radical (unpaired) electrons. The van der Waals surface area contributed by atoms with Crippen LogP contribution >= 0.6 is 0 Å². The lowest BCUT2D eigenvalue weighted by Gasteiger charge is -2.12. The predicted molar refractivity (Wildman–Crippen MR) is 68.9 cm³/mol. The quantitative estimate of drug-likeness (QED) is 0.559. The summed E-state index contributed by atoms with van der Waals surface area (Å²) in [5.41, 5.74) is 11.7. The second-order valence-electron chi connectivity index (χ2n) is 4.40. The lowest BCUT2D eigenvalue weighted by atomic mass is 10.3. The van der Waals surface area contributed by atoms with Crippen molar-refractivity contribution in [1.29, 1.82) is 0 Å². The highest BCUT2D eigenvalue weighted by atomic mass is 32.2. The van der Waals surface area contributed by atoms with Crippen LogP contribution < -0.4 is 16.4 Å². The van der Waals surface area contributed by atoms with Crippen LogP contribution in [0.2, 0.25) is 0 Å². The van der Waals surface area contributed by atoms with E-state index in [1.807, 2.05) is 0 Å².